The van der Waals surface area contributed by atoms with E-state index in [1.807, 2.05) is 43.0 Å². The van der Waals surface area contributed by atoms with Gasteiger partial charge in [0, 0.05) is 31.0 Å². The summed E-state index contributed by atoms with van der Waals surface area (Å²) in [5.41, 5.74) is 2.03. The molecule has 1 atom stereocenters. The molecule has 2 amide bonds. The molecule has 1 aromatic carbocycles. The van der Waals surface area contributed by atoms with Gasteiger partial charge in [-0.2, -0.15) is 0 Å². The summed E-state index contributed by atoms with van der Waals surface area (Å²) in [7, 11) is 0. The zero-order valence-corrected chi connectivity index (χ0v) is 14.6. The molecule has 0 bridgehead atoms. The minimum absolute atomic E-state index is 0.0198. The Morgan fingerprint density at radius 3 is 2.92 bits per heavy atom. The highest BCUT2D eigenvalue weighted by molar-refractivity contribution is 7.15. The molecule has 0 unspecified atom stereocenters. The first-order valence-electron chi connectivity index (χ1n) is 8.07. The number of benzene rings is 1. The number of hydrogen-bond acceptors (Lipinski definition) is 5. The first-order valence-corrected chi connectivity index (χ1v) is 8.89. The molecule has 2 heterocycles. The maximum absolute atomic E-state index is 12.4. The van der Waals surface area contributed by atoms with Crippen molar-refractivity contribution in [3.8, 4) is 0 Å². The van der Waals surface area contributed by atoms with E-state index in [1.165, 1.54) is 11.3 Å². The molecule has 2 aromatic rings. The van der Waals surface area contributed by atoms with Crippen LogP contribution in [0.15, 0.2) is 24.3 Å². The maximum atomic E-state index is 12.4. The van der Waals surface area contributed by atoms with E-state index in [9.17, 15) is 9.59 Å². The van der Waals surface area contributed by atoms with Crippen LogP contribution < -0.4 is 10.2 Å². The molecular weight excluding hydrogens is 324 g/mol. The predicted octanol–water partition coefficient (Wildman–Crippen LogP) is 3.11. The van der Waals surface area contributed by atoms with Crippen molar-refractivity contribution in [1.29, 1.82) is 0 Å². The fraction of sp³-hybridized carbons (Fsp3) is 0.412. The number of nitrogens with one attached hydrogen (secondary N) is 1. The molecule has 7 heteroatoms. The van der Waals surface area contributed by atoms with Crippen molar-refractivity contribution in [1.82, 2.24) is 10.2 Å². The number of anilines is 2. The third-order valence-electron chi connectivity index (χ3n) is 4.04. The van der Waals surface area contributed by atoms with Gasteiger partial charge in [0.2, 0.25) is 16.9 Å². The molecule has 1 aliphatic heterocycles. The molecule has 1 saturated heterocycles. The van der Waals surface area contributed by atoms with Gasteiger partial charge in [-0.1, -0.05) is 36.5 Å². The first-order chi connectivity index (χ1) is 11.6. The third kappa shape index (κ3) is 3.46. The summed E-state index contributed by atoms with van der Waals surface area (Å²) in [5.74, 6) is 0.0664. The number of para-hydroxylation sites is 1. The van der Waals surface area contributed by atoms with Crippen molar-refractivity contribution in [3.05, 3.63) is 34.8 Å². The van der Waals surface area contributed by atoms with E-state index in [-0.39, 0.29) is 17.7 Å². The Kier molecular flexibility index (Phi) is 4.89. The topological polar surface area (TPSA) is 75.2 Å². The quantitative estimate of drug-likeness (QED) is 0.904. The minimum atomic E-state index is -0.0516. The minimum Gasteiger partial charge on any atom is -0.311 e. The van der Waals surface area contributed by atoms with Gasteiger partial charge in [-0.3, -0.25) is 9.59 Å². The van der Waals surface area contributed by atoms with Crippen LogP contribution >= 0.6 is 11.3 Å². The Hall–Kier alpha value is -2.28. The van der Waals surface area contributed by atoms with Gasteiger partial charge in [0.05, 0.1) is 0 Å². The SMILES string of the molecule is CCCC(=O)Nc1nnc([C@H]2CC(=O)N(c3ccccc3C)C2)s1. The zero-order chi connectivity index (χ0) is 17.1. The normalized spacial score (nSPS) is 17.3. The van der Waals surface area contributed by atoms with E-state index in [0.717, 1.165) is 22.7 Å². The molecule has 1 aromatic heterocycles. The van der Waals surface area contributed by atoms with E-state index in [4.69, 9.17) is 0 Å². The van der Waals surface area contributed by atoms with Crippen molar-refractivity contribution < 1.29 is 9.59 Å². The summed E-state index contributed by atoms with van der Waals surface area (Å²) in [6, 6.07) is 7.87. The lowest BCUT2D eigenvalue weighted by Crippen LogP contribution is -2.25. The van der Waals surface area contributed by atoms with E-state index >= 15 is 0 Å². The Balaban J connectivity index is 1.71. The second kappa shape index (κ2) is 7.09. The second-order valence-electron chi connectivity index (χ2n) is 5.94. The Morgan fingerprint density at radius 1 is 1.38 bits per heavy atom. The lowest BCUT2D eigenvalue weighted by molar-refractivity contribution is -0.117. The Bertz CT molecular complexity index is 759. The van der Waals surface area contributed by atoms with E-state index in [2.05, 4.69) is 15.5 Å². The number of carbonyl (C=O) groups is 2. The van der Waals surface area contributed by atoms with Crippen LogP contribution in [0.4, 0.5) is 10.8 Å². The van der Waals surface area contributed by atoms with Crippen LogP contribution in [0.25, 0.3) is 0 Å². The molecule has 0 aliphatic carbocycles. The molecule has 6 nitrogen and oxygen atoms in total. The van der Waals surface area contributed by atoms with E-state index in [1.54, 1.807) is 0 Å². The maximum Gasteiger partial charge on any atom is 0.227 e. The van der Waals surface area contributed by atoms with Crippen LogP contribution in [0, 0.1) is 6.92 Å². The van der Waals surface area contributed by atoms with E-state index < -0.39 is 0 Å². The highest BCUT2D eigenvalue weighted by Gasteiger charge is 2.34. The van der Waals surface area contributed by atoms with Crippen LogP contribution in [-0.4, -0.2) is 28.6 Å². The molecule has 0 radical (unpaired) electrons. The molecule has 3 rings (SSSR count). The van der Waals surface area contributed by atoms with Crippen LogP contribution in [0.3, 0.4) is 0 Å². The summed E-state index contributed by atoms with van der Waals surface area (Å²) in [5, 5.41) is 12.3. The Morgan fingerprint density at radius 2 is 2.17 bits per heavy atom. The van der Waals surface area contributed by atoms with Crippen LogP contribution in [0.1, 0.15) is 42.7 Å². The number of aromatic nitrogens is 2. The smallest absolute Gasteiger partial charge is 0.227 e. The van der Waals surface area contributed by atoms with Crippen molar-refractivity contribution in [2.75, 3.05) is 16.8 Å². The Labute approximate surface area is 144 Å². The molecular formula is C17H20N4O2S. The summed E-state index contributed by atoms with van der Waals surface area (Å²) >= 11 is 1.35. The highest BCUT2D eigenvalue weighted by Crippen LogP contribution is 2.35. The van der Waals surface area contributed by atoms with E-state index in [0.29, 0.717) is 24.5 Å². The number of amides is 2. The van der Waals surface area contributed by atoms with Crippen LogP contribution in [0.5, 0.6) is 0 Å². The molecule has 1 aliphatic rings. The summed E-state index contributed by atoms with van der Waals surface area (Å²) in [4.78, 5) is 25.8. The van der Waals surface area contributed by atoms with Gasteiger partial charge >= 0.3 is 0 Å². The number of hydrogen-bond donors (Lipinski definition) is 1. The largest absolute Gasteiger partial charge is 0.311 e. The molecule has 126 valence electrons. The van der Waals surface area contributed by atoms with Gasteiger partial charge in [0.15, 0.2) is 0 Å². The lowest BCUT2D eigenvalue weighted by atomic mass is 10.1. The number of nitrogens with zero attached hydrogens (tertiary/aromatic N) is 3. The standard InChI is InChI=1S/C17H20N4O2S/c1-3-6-14(22)18-17-20-19-16(24-17)12-9-15(23)21(10-12)13-8-5-4-7-11(13)2/h4-5,7-8,12H,3,6,9-10H2,1-2H3,(H,18,20,22)/t12-/m0/s1. The molecule has 1 fully saturated rings. The fourth-order valence-corrected chi connectivity index (χ4v) is 3.68. The van der Waals surface area contributed by atoms with Gasteiger partial charge in [-0.05, 0) is 25.0 Å². The molecule has 0 saturated carbocycles. The monoisotopic (exact) mass is 344 g/mol. The zero-order valence-electron chi connectivity index (χ0n) is 13.8. The lowest BCUT2D eigenvalue weighted by Gasteiger charge is -2.18. The molecule has 1 N–H and O–H groups in total. The van der Waals surface area contributed by atoms with Gasteiger partial charge in [-0.25, -0.2) is 0 Å². The van der Waals surface area contributed by atoms with Crippen molar-refractivity contribution in [2.24, 2.45) is 0 Å². The van der Waals surface area contributed by atoms with Crippen LogP contribution in [0.2, 0.25) is 0 Å². The second-order valence-corrected chi connectivity index (χ2v) is 6.94. The van der Waals surface area contributed by atoms with Crippen molar-refractivity contribution >= 4 is 34.0 Å². The predicted molar refractivity (Wildman–Crippen MR) is 94.3 cm³/mol. The molecule has 0 spiro atoms. The summed E-state index contributed by atoms with van der Waals surface area (Å²) in [6.45, 7) is 4.55. The van der Waals surface area contributed by atoms with Crippen LogP contribution in [-0.2, 0) is 9.59 Å². The number of carbonyl (C=O) groups excluding carboxylic acids is 2. The number of rotatable bonds is 5. The van der Waals surface area contributed by atoms with Crippen molar-refractivity contribution in [3.63, 3.8) is 0 Å². The molecule has 24 heavy (non-hydrogen) atoms. The van der Waals surface area contributed by atoms with Gasteiger partial charge < -0.3 is 10.2 Å². The highest BCUT2D eigenvalue weighted by atomic mass is 32.1. The van der Waals surface area contributed by atoms with Gasteiger partial charge in [0.1, 0.15) is 5.01 Å². The fourth-order valence-electron chi connectivity index (χ4n) is 2.83. The van der Waals surface area contributed by atoms with Gasteiger partial charge in [0.25, 0.3) is 0 Å². The third-order valence-corrected chi connectivity index (χ3v) is 5.05. The average molecular weight is 344 g/mol. The van der Waals surface area contributed by atoms with Crippen molar-refractivity contribution in [2.45, 2.75) is 39.0 Å². The summed E-state index contributed by atoms with van der Waals surface area (Å²) in [6.07, 6.45) is 1.68. The number of aryl methyl sites for hydroxylation is 1. The first kappa shape index (κ1) is 16.6. The van der Waals surface area contributed by atoms with Gasteiger partial charge in [-0.15, -0.1) is 10.2 Å². The summed E-state index contributed by atoms with van der Waals surface area (Å²) < 4.78 is 0. The average Bonchev–Trinajstić information content (AvgIpc) is 3.15.